The molecule has 0 unspecified atom stereocenters. The predicted molar refractivity (Wildman–Crippen MR) is 64.7 cm³/mol. The largest absolute Gasteiger partial charge is 0.467 e. The number of ether oxygens (including phenoxy) is 1. The van der Waals surface area contributed by atoms with Gasteiger partial charge in [-0.2, -0.15) is 15.0 Å². The Morgan fingerprint density at radius 3 is 2.65 bits per heavy atom. The van der Waals surface area contributed by atoms with Crippen LogP contribution in [0, 0.1) is 0 Å². The number of hydrogen-bond acceptors (Lipinski definition) is 6. The Labute approximate surface area is 99.2 Å². The first kappa shape index (κ1) is 11.4. The monoisotopic (exact) mass is 236 g/mol. The van der Waals surface area contributed by atoms with Crippen molar-refractivity contribution >= 4 is 11.8 Å². The summed E-state index contributed by atoms with van der Waals surface area (Å²) in [6, 6.07) is 0.282. The summed E-state index contributed by atoms with van der Waals surface area (Å²) in [7, 11) is 1.51. The van der Waals surface area contributed by atoms with Crippen molar-refractivity contribution in [2.45, 2.75) is 26.3 Å². The molecule has 92 valence electrons. The van der Waals surface area contributed by atoms with Crippen LogP contribution < -0.4 is 16.2 Å². The summed E-state index contributed by atoms with van der Waals surface area (Å²) in [5, 5.41) is 0. The number of imidazole rings is 1. The molecule has 7 heteroatoms. The normalized spacial score (nSPS) is 10.9. The fraction of sp³-hybridized carbons (Fsp3) is 0.500. The zero-order valence-electron chi connectivity index (χ0n) is 9.97. The number of hydrogen-bond donors (Lipinski definition) is 2. The third kappa shape index (κ3) is 1.95. The first-order valence-corrected chi connectivity index (χ1v) is 5.50. The maximum Gasteiger partial charge on any atom is 0.318 e. The van der Waals surface area contributed by atoms with Crippen molar-refractivity contribution in [3.8, 4) is 17.5 Å². The Balaban J connectivity index is 2.54. The van der Waals surface area contributed by atoms with Crippen LogP contribution in [0.15, 0.2) is 0 Å². The molecule has 0 radical (unpaired) electrons. The van der Waals surface area contributed by atoms with Crippen molar-refractivity contribution in [1.82, 2.24) is 19.5 Å². The molecular formula is C10H16N6O. The Kier molecular flexibility index (Phi) is 2.99. The third-order valence-electron chi connectivity index (χ3n) is 2.55. The van der Waals surface area contributed by atoms with Crippen LogP contribution in [0.5, 0.6) is 6.01 Å². The molecule has 17 heavy (non-hydrogen) atoms. The standard InChI is InChI=1S/C10H16N6O/c1-3-4-5-16-8-6(7(11)14-9(16)12)13-10(15-8)17-2/h3-5,11H2,1-2H3,(H2,12,14). The number of aromatic nitrogens is 4. The number of nitrogen functional groups attached to an aromatic ring is 2. The Hall–Kier alpha value is -2.05. The van der Waals surface area contributed by atoms with Gasteiger partial charge in [0.25, 0.3) is 0 Å². The number of nitrogens with zero attached hydrogens (tertiary/aromatic N) is 4. The van der Waals surface area contributed by atoms with Gasteiger partial charge in [-0.25, -0.2) is 0 Å². The molecule has 0 aromatic carbocycles. The van der Waals surface area contributed by atoms with E-state index >= 15 is 0 Å². The molecule has 0 bridgehead atoms. The second-order valence-corrected chi connectivity index (χ2v) is 3.74. The molecule has 7 nitrogen and oxygen atoms in total. The summed E-state index contributed by atoms with van der Waals surface area (Å²) in [5.74, 6) is 1.26. The Morgan fingerprint density at radius 2 is 2.00 bits per heavy atom. The van der Waals surface area contributed by atoms with E-state index in [1.165, 1.54) is 7.11 Å². The molecule has 0 saturated heterocycles. The van der Waals surface area contributed by atoms with Gasteiger partial charge in [0.2, 0.25) is 5.95 Å². The molecule has 0 aromatic heterocycles. The molecule has 0 saturated carbocycles. The van der Waals surface area contributed by atoms with Crippen LogP contribution in [0.1, 0.15) is 19.8 Å². The molecular weight excluding hydrogens is 220 g/mol. The van der Waals surface area contributed by atoms with Crippen molar-refractivity contribution in [1.29, 1.82) is 0 Å². The van der Waals surface area contributed by atoms with Crippen molar-refractivity contribution in [2.24, 2.45) is 0 Å². The molecule has 0 aliphatic carbocycles. The minimum Gasteiger partial charge on any atom is -0.467 e. The van der Waals surface area contributed by atoms with Crippen LogP contribution in [0.25, 0.3) is 11.5 Å². The van der Waals surface area contributed by atoms with Crippen molar-refractivity contribution < 1.29 is 4.74 Å². The van der Waals surface area contributed by atoms with E-state index in [0.29, 0.717) is 17.5 Å². The average Bonchev–Trinajstić information content (AvgIpc) is 2.73. The molecule has 2 rings (SSSR count). The number of rotatable bonds is 4. The van der Waals surface area contributed by atoms with E-state index in [9.17, 15) is 0 Å². The second kappa shape index (κ2) is 4.44. The molecule has 4 N–H and O–H groups in total. The van der Waals surface area contributed by atoms with Crippen molar-refractivity contribution in [3.05, 3.63) is 0 Å². The number of nitrogens with two attached hydrogens (primary N) is 2. The summed E-state index contributed by atoms with van der Waals surface area (Å²) >= 11 is 0. The van der Waals surface area contributed by atoms with E-state index in [0.717, 1.165) is 19.4 Å². The van der Waals surface area contributed by atoms with Gasteiger partial charge >= 0.3 is 6.01 Å². The van der Waals surface area contributed by atoms with Crippen LogP contribution in [-0.2, 0) is 6.54 Å². The smallest absolute Gasteiger partial charge is 0.318 e. The zero-order valence-corrected chi connectivity index (χ0v) is 9.97. The molecule has 0 amide bonds. The average molecular weight is 236 g/mol. The summed E-state index contributed by atoms with van der Waals surface area (Å²) in [6.07, 6.45) is 2.05. The van der Waals surface area contributed by atoms with E-state index in [4.69, 9.17) is 16.2 Å². The van der Waals surface area contributed by atoms with Crippen LogP contribution in [0.2, 0.25) is 0 Å². The van der Waals surface area contributed by atoms with Gasteiger partial charge in [-0.15, -0.1) is 0 Å². The second-order valence-electron chi connectivity index (χ2n) is 3.74. The quantitative estimate of drug-likeness (QED) is 0.811. The van der Waals surface area contributed by atoms with Crippen molar-refractivity contribution in [3.63, 3.8) is 0 Å². The molecule has 0 spiro atoms. The van der Waals surface area contributed by atoms with Crippen LogP contribution in [0.4, 0.5) is 11.8 Å². The maximum atomic E-state index is 5.84. The molecule has 0 aromatic rings. The van der Waals surface area contributed by atoms with Crippen molar-refractivity contribution in [2.75, 3.05) is 18.6 Å². The molecule has 2 aliphatic rings. The number of methoxy groups -OCH3 is 1. The van der Waals surface area contributed by atoms with Crippen LogP contribution in [-0.4, -0.2) is 26.6 Å². The lowest BCUT2D eigenvalue weighted by Gasteiger charge is -2.13. The van der Waals surface area contributed by atoms with E-state index in [1.54, 1.807) is 0 Å². The zero-order chi connectivity index (χ0) is 12.4. The summed E-state index contributed by atoms with van der Waals surface area (Å²) < 4.78 is 6.80. The molecule has 2 aliphatic heterocycles. The Bertz CT molecular complexity index is 494. The predicted octanol–water partition coefficient (Wildman–Crippen LogP) is 0.751. The SMILES string of the molecule is CCCCn1c(N)nc(N)c2nc(OC)nc1-2. The maximum absolute atomic E-state index is 5.84. The van der Waals surface area contributed by atoms with Crippen LogP contribution in [0.3, 0.4) is 0 Å². The van der Waals surface area contributed by atoms with E-state index in [-0.39, 0.29) is 11.8 Å². The fourth-order valence-corrected chi connectivity index (χ4v) is 1.65. The highest BCUT2D eigenvalue weighted by Crippen LogP contribution is 2.28. The van der Waals surface area contributed by atoms with Gasteiger partial charge in [0.1, 0.15) is 0 Å². The third-order valence-corrected chi connectivity index (χ3v) is 2.55. The number of fused-ring (bicyclic) bond motifs is 1. The van der Waals surface area contributed by atoms with Gasteiger partial charge < -0.3 is 16.2 Å². The van der Waals surface area contributed by atoms with Gasteiger partial charge in [-0.05, 0) is 6.42 Å². The molecule has 2 heterocycles. The lowest BCUT2D eigenvalue weighted by molar-refractivity contribution is 0.385. The molecule has 0 atom stereocenters. The lowest BCUT2D eigenvalue weighted by atomic mass is 10.3. The minimum absolute atomic E-state index is 0.279. The lowest BCUT2D eigenvalue weighted by Crippen LogP contribution is -2.14. The summed E-state index contributed by atoms with van der Waals surface area (Å²) in [4.78, 5) is 12.4. The Morgan fingerprint density at radius 1 is 1.24 bits per heavy atom. The molecule has 0 fully saturated rings. The summed E-state index contributed by atoms with van der Waals surface area (Å²) in [5.41, 5.74) is 12.1. The van der Waals surface area contributed by atoms with Gasteiger partial charge in [0.15, 0.2) is 17.3 Å². The topological polar surface area (TPSA) is 105 Å². The van der Waals surface area contributed by atoms with Gasteiger partial charge in [0.05, 0.1) is 7.11 Å². The van der Waals surface area contributed by atoms with E-state index < -0.39 is 0 Å². The highest BCUT2D eigenvalue weighted by atomic mass is 16.5. The number of unbranched alkanes of at least 4 members (excludes halogenated alkanes) is 1. The van der Waals surface area contributed by atoms with E-state index in [1.807, 2.05) is 4.57 Å². The highest BCUT2D eigenvalue weighted by molar-refractivity contribution is 5.68. The first-order valence-electron chi connectivity index (χ1n) is 5.50. The van der Waals surface area contributed by atoms with Crippen LogP contribution >= 0.6 is 0 Å². The van der Waals surface area contributed by atoms with E-state index in [2.05, 4.69) is 21.9 Å². The summed E-state index contributed by atoms with van der Waals surface area (Å²) in [6.45, 7) is 2.85. The van der Waals surface area contributed by atoms with Gasteiger partial charge in [-0.3, -0.25) is 4.57 Å². The fourth-order valence-electron chi connectivity index (χ4n) is 1.65. The first-order chi connectivity index (χ1) is 8.17. The highest BCUT2D eigenvalue weighted by Gasteiger charge is 2.21. The minimum atomic E-state index is 0.279. The van der Waals surface area contributed by atoms with Gasteiger partial charge in [-0.1, -0.05) is 13.3 Å². The van der Waals surface area contributed by atoms with Gasteiger partial charge in [0, 0.05) is 6.54 Å². The number of anilines is 2.